The zero-order valence-electron chi connectivity index (χ0n) is 10.3. The van der Waals surface area contributed by atoms with E-state index in [1.54, 1.807) is 0 Å². The molecule has 0 amide bonds. The van der Waals surface area contributed by atoms with E-state index in [-0.39, 0.29) is 12.7 Å². The molecule has 0 spiro atoms. The highest BCUT2D eigenvalue weighted by Crippen LogP contribution is 2.33. The molecule has 0 radical (unpaired) electrons. The minimum absolute atomic E-state index is 0.107. The fourth-order valence-corrected chi connectivity index (χ4v) is 2.72. The first-order valence-electron chi connectivity index (χ1n) is 5.92. The van der Waals surface area contributed by atoms with Gasteiger partial charge in [-0.1, -0.05) is 0 Å². The number of aromatic nitrogens is 4. The van der Waals surface area contributed by atoms with Crippen molar-refractivity contribution in [1.82, 2.24) is 19.9 Å². The average Bonchev–Trinajstić information content (AvgIpc) is 3.00. The van der Waals surface area contributed by atoms with Crippen molar-refractivity contribution in [3.05, 3.63) is 12.2 Å². The van der Waals surface area contributed by atoms with Gasteiger partial charge in [-0.15, -0.1) is 11.8 Å². The molecule has 2 aromatic rings. The lowest BCUT2D eigenvalue weighted by Crippen LogP contribution is -2.13. The molecule has 2 aromatic heterocycles. The molecule has 3 heterocycles. The molecule has 0 aliphatic carbocycles. The van der Waals surface area contributed by atoms with E-state index in [1.807, 2.05) is 6.26 Å². The third-order valence-electron chi connectivity index (χ3n) is 3.13. The van der Waals surface area contributed by atoms with Gasteiger partial charge in [0, 0.05) is 6.42 Å². The fourth-order valence-electron chi connectivity index (χ4n) is 2.23. The molecule has 3 N–H and O–H groups in total. The lowest BCUT2D eigenvalue weighted by molar-refractivity contribution is -0.0146. The molecule has 19 heavy (non-hydrogen) atoms. The van der Waals surface area contributed by atoms with Crippen LogP contribution in [0.1, 0.15) is 18.3 Å². The number of thioether (sulfide) groups is 1. The van der Waals surface area contributed by atoms with Crippen LogP contribution in [0.4, 0.5) is 0 Å². The summed E-state index contributed by atoms with van der Waals surface area (Å²) in [5, 5.41) is 19.8. The van der Waals surface area contributed by atoms with Crippen LogP contribution in [-0.4, -0.2) is 55.2 Å². The molecule has 3 rings (SSSR count). The molecular weight excluding hydrogens is 268 g/mol. The highest BCUT2D eigenvalue weighted by Gasteiger charge is 2.36. The normalized spacial score (nSPS) is 27.2. The maximum Gasteiger partial charge on any atom is 0.182 e. The molecule has 0 bridgehead atoms. The lowest BCUT2D eigenvalue weighted by Gasteiger charge is -2.10. The van der Waals surface area contributed by atoms with Crippen LogP contribution in [0, 0.1) is 0 Å². The van der Waals surface area contributed by atoms with Crippen molar-refractivity contribution in [3.63, 3.8) is 0 Å². The molecule has 8 heteroatoms. The Bertz CT molecular complexity index is 590. The third kappa shape index (κ3) is 2.20. The van der Waals surface area contributed by atoms with Crippen molar-refractivity contribution in [2.45, 2.75) is 29.8 Å². The second-order valence-corrected chi connectivity index (χ2v) is 5.16. The minimum Gasteiger partial charge on any atom is -0.394 e. The second kappa shape index (κ2) is 5.04. The number of ether oxygens (including phenoxy) is 1. The Hall–Kier alpha value is -1.22. The number of aliphatic hydroxyl groups excluding tert-OH is 2. The Balaban J connectivity index is 1.97. The maximum absolute atomic E-state index is 9.96. The number of imidazole rings is 1. The summed E-state index contributed by atoms with van der Waals surface area (Å²) >= 11 is 1.49. The Morgan fingerprint density at radius 2 is 2.37 bits per heavy atom. The van der Waals surface area contributed by atoms with Crippen LogP contribution in [0.2, 0.25) is 0 Å². The summed E-state index contributed by atoms with van der Waals surface area (Å²) < 4.78 is 5.56. The molecule has 102 valence electrons. The third-order valence-corrected chi connectivity index (χ3v) is 3.83. The number of hydrogen-bond donors (Lipinski definition) is 3. The smallest absolute Gasteiger partial charge is 0.182 e. The van der Waals surface area contributed by atoms with Crippen molar-refractivity contribution >= 4 is 22.9 Å². The molecule has 1 fully saturated rings. The van der Waals surface area contributed by atoms with Gasteiger partial charge in [0.1, 0.15) is 28.8 Å². The highest BCUT2D eigenvalue weighted by molar-refractivity contribution is 7.98. The molecule has 0 saturated carbocycles. The molecule has 1 aliphatic heterocycles. The van der Waals surface area contributed by atoms with Gasteiger partial charge >= 0.3 is 0 Å². The van der Waals surface area contributed by atoms with Crippen LogP contribution >= 0.6 is 11.8 Å². The van der Waals surface area contributed by atoms with E-state index < -0.39 is 12.2 Å². The summed E-state index contributed by atoms with van der Waals surface area (Å²) in [6.07, 6.45) is 2.20. The summed E-state index contributed by atoms with van der Waals surface area (Å²) in [6.45, 7) is -0.107. The van der Waals surface area contributed by atoms with Gasteiger partial charge in [0.15, 0.2) is 5.65 Å². The molecular formula is C11H14N4O3S. The first-order chi connectivity index (χ1) is 9.22. The Morgan fingerprint density at radius 1 is 1.53 bits per heavy atom. The van der Waals surface area contributed by atoms with Gasteiger partial charge < -0.3 is 19.9 Å². The van der Waals surface area contributed by atoms with Crippen molar-refractivity contribution in [1.29, 1.82) is 0 Å². The fraction of sp³-hybridized carbons (Fsp3) is 0.545. The monoisotopic (exact) mass is 282 g/mol. The standard InChI is InChI=1S/C11H14N4O3S/c1-19-11-7-9(12-4-13-11)15-10(14-7)8-6(17)2-5(3-16)18-8/h4-6,8,16-17H,2-3H2,1H3,(H,12,13,14,15)/t5-,6+,8+/m0/s1. The summed E-state index contributed by atoms with van der Waals surface area (Å²) in [6, 6.07) is 0. The number of aliphatic hydroxyl groups is 2. The van der Waals surface area contributed by atoms with E-state index in [4.69, 9.17) is 9.84 Å². The maximum atomic E-state index is 9.96. The van der Waals surface area contributed by atoms with Gasteiger partial charge in [-0.25, -0.2) is 15.0 Å². The Labute approximate surface area is 113 Å². The molecule has 7 nitrogen and oxygen atoms in total. The summed E-state index contributed by atoms with van der Waals surface area (Å²) in [4.78, 5) is 15.7. The number of rotatable bonds is 3. The van der Waals surface area contributed by atoms with E-state index in [9.17, 15) is 5.11 Å². The van der Waals surface area contributed by atoms with Crippen LogP contribution in [0.15, 0.2) is 11.4 Å². The van der Waals surface area contributed by atoms with Crippen molar-refractivity contribution in [3.8, 4) is 0 Å². The highest BCUT2D eigenvalue weighted by atomic mass is 32.2. The first-order valence-corrected chi connectivity index (χ1v) is 7.14. The number of nitrogens with one attached hydrogen (secondary N) is 1. The first kappa shape index (κ1) is 12.8. The van der Waals surface area contributed by atoms with Gasteiger partial charge in [0.25, 0.3) is 0 Å². The SMILES string of the molecule is CSc1ncnc2nc([C@@H]3O[C@H](CO)C[C@H]3O)[nH]c12. The predicted octanol–water partition coefficient (Wildman–Crippen LogP) is 0.258. The van der Waals surface area contributed by atoms with Gasteiger partial charge in [0.2, 0.25) is 0 Å². The van der Waals surface area contributed by atoms with Crippen LogP contribution in [0.3, 0.4) is 0 Å². The number of fused-ring (bicyclic) bond motifs is 1. The number of aromatic amines is 1. The van der Waals surface area contributed by atoms with Gasteiger partial charge in [-0.3, -0.25) is 0 Å². The zero-order valence-corrected chi connectivity index (χ0v) is 11.1. The molecule has 1 aliphatic rings. The minimum atomic E-state index is -0.677. The Kier molecular flexibility index (Phi) is 3.40. The summed E-state index contributed by atoms with van der Waals surface area (Å²) in [7, 11) is 0. The van der Waals surface area contributed by atoms with Crippen molar-refractivity contribution in [2.75, 3.05) is 12.9 Å². The topological polar surface area (TPSA) is 104 Å². The summed E-state index contributed by atoms with van der Waals surface area (Å²) in [5.41, 5.74) is 1.30. The zero-order chi connectivity index (χ0) is 13.4. The average molecular weight is 282 g/mol. The number of H-pyrrole nitrogens is 1. The van der Waals surface area contributed by atoms with E-state index in [0.717, 1.165) is 10.5 Å². The molecule has 0 unspecified atom stereocenters. The van der Waals surface area contributed by atoms with Gasteiger partial charge in [-0.05, 0) is 6.26 Å². The second-order valence-electron chi connectivity index (χ2n) is 4.37. The largest absolute Gasteiger partial charge is 0.394 e. The van der Waals surface area contributed by atoms with Gasteiger partial charge in [0.05, 0.1) is 18.8 Å². The number of hydrogen-bond acceptors (Lipinski definition) is 7. The Morgan fingerprint density at radius 3 is 3.05 bits per heavy atom. The number of nitrogens with zero attached hydrogens (tertiary/aromatic N) is 3. The molecule has 3 atom stereocenters. The molecule has 1 saturated heterocycles. The lowest BCUT2D eigenvalue weighted by atomic mass is 10.1. The quantitative estimate of drug-likeness (QED) is 0.548. The van der Waals surface area contributed by atoms with E-state index in [0.29, 0.717) is 17.9 Å². The van der Waals surface area contributed by atoms with Crippen molar-refractivity contribution < 1.29 is 14.9 Å². The van der Waals surface area contributed by atoms with Gasteiger partial charge in [-0.2, -0.15) is 0 Å². The van der Waals surface area contributed by atoms with Crippen LogP contribution in [0.5, 0.6) is 0 Å². The molecule has 0 aromatic carbocycles. The summed E-state index contributed by atoms with van der Waals surface area (Å²) in [5.74, 6) is 0.522. The van der Waals surface area contributed by atoms with Crippen molar-refractivity contribution in [2.24, 2.45) is 0 Å². The van der Waals surface area contributed by atoms with E-state index in [1.165, 1.54) is 18.1 Å². The van der Waals surface area contributed by atoms with Crippen LogP contribution in [0.25, 0.3) is 11.2 Å². The van der Waals surface area contributed by atoms with E-state index >= 15 is 0 Å². The van der Waals surface area contributed by atoms with Crippen LogP contribution < -0.4 is 0 Å². The predicted molar refractivity (Wildman–Crippen MR) is 68.8 cm³/mol. The van der Waals surface area contributed by atoms with E-state index in [2.05, 4.69) is 19.9 Å². The van der Waals surface area contributed by atoms with Crippen LogP contribution in [-0.2, 0) is 4.74 Å².